The first-order valence-corrected chi connectivity index (χ1v) is 11.2. The van der Waals surface area contributed by atoms with Crippen LogP contribution >= 0.6 is 33.2 Å². The minimum atomic E-state index is -2.82. The quantitative estimate of drug-likeness (QED) is 0.429. The Kier molecular flexibility index (Phi) is 3.30. The van der Waals surface area contributed by atoms with Crippen LogP contribution in [0.1, 0.15) is 12.6 Å². The van der Waals surface area contributed by atoms with E-state index in [0.717, 1.165) is 11.0 Å². The number of nitrogens with zero attached hydrogens (tertiary/aromatic N) is 1. The van der Waals surface area contributed by atoms with E-state index >= 15 is 0 Å². The molecule has 19 heavy (non-hydrogen) atoms. The average molecular weight is 329 g/mol. The number of aromatic nitrogens is 1. The third-order valence-corrected chi connectivity index (χ3v) is 7.53. The van der Waals surface area contributed by atoms with Crippen LogP contribution < -0.4 is 0 Å². The van der Waals surface area contributed by atoms with E-state index in [1.165, 1.54) is 10.8 Å². The van der Waals surface area contributed by atoms with Gasteiger partial charge in [-0.3, -0.25) is 0 Å². The van der Waals surface area contributed by atoms with Gasteiger partial charge in [0.05, 0.1) is 5.67 Å². The van der Waals surface area contributed by atoms with Gasteiger partial charge in [-0.2, -0.15) is 0 Å². The molecule has 0 N–H and O–H groups in total. The van der Waals surface area contributed by atoms with Crippen LogP contribution in [0.3, 0.4) is 0 Å². The molecule has 0 aliphatic rings. The number of hydrogen-bond donors (Lipinski definition) is 0. The van der Waals surface area contributed by atoms with Gasteiger partial charge in [-0.1, -0.05) is 36.4 Å². The molecule has 0 aliphatic carbocycles. The van der Waals surface area contributed by atoms with E-state index in [2.05, 4.69) is 28.8 Å². The lowest BCUT2D eigenvalue weighted by Gasteiger charge is -2.21. The lowest BCUT2D eigenvalue weighted by Crippen LogP contribution is -2.25. The van der Waals surface area contributed by atoms with Gasteiger partial charge in [0.1, 0.15) is 0 Å². The van der Waals surface area contributed by atoms with E-state index in [-0.39, 0.29) is 5.67 Å². The maximum Gasteiger partial charge on any atom is 0.362 e. The molecule has 5 heteroatoms. The fourth-order valence-corrected chi connectivity index (χ4v) is 3.97. The Morgan fingerprint density at radius 2 is 1.26 bits per heavy atom. The van der Waals surface area contributed by atoms with Gasteiger partial charge in [-0.15, -0.1) is 33.2 Å². The molecule has 0 radical (unpaired) electrons. The Morgan fingerprint density at radius 1 is 0.842 bits per heavy atom. The van der Waals surface area contributed by atoms with Crippen LogP contribution in [0.5, 0.6) is 0 Å². The Bertz CT molecular complexity index is 692. The van der Waals surface area contributed by atoms with E-state index < -0.39 is 6.00 Å². The van der Waals surface area contributed by atoms with Crippen LogP contribution in [0.4, 0.5) is 0 Å². The van der Waals surface area contributed by atoms with Crippen LogP contribution in [0.2, 0.25) is 0 Å². The molecule has 0 saturated carbocycles. The minimum Gasteiger partial charge on any atom is -0.337 e. The predicted molar refractivity (Wildman–Crippen MR) is 87.5 cm³/mol. The zero-order chi connectivity index (χ0) is 13.6. The van der Waals surface area contributed by atoms with Crippen LogP contribution in [0.25, 0.3) is 21.8 Å². The first-order valence-electron chi connectivity index (χ1n) is 6.04. The van der Waals surface area contributed by atoms with E-state index in [9.17, 15) is 0 Å². The number of para-hydroxylation sites is 2. The van der Waals surface area contributed by atoms with Crippen molar-refractivity contribution in [3.05, 3.63) is 48.5 Å². The molecule has 1 atom stereocenters. The van der Waals surface area contributed by atoms with Crippen LogP contribution in [0, 0.1) is 0 Å². The summed E-state index contributed by atoms with van der Waals surface area (Å²) in [4.78, 5) is 0. The van der Waals surface area contributed by atoms with Gasteiger partial charge in [-0.25, -0.2) is 0 Å². The van der Waals surface area contributed by atoms with Crippen LogP contribution in [-0.2, 0) is 0 Å². The normalized spacial score (nSPS) is 14.1. The zero-order valence-electron chi connectivity index (χ0n) is 10.3. The van der Waals surface area contributed by atoms with Crippen LogP contribution in [0.15, 0.2) is 48.5 Å². The molecule has 1 heterocycles. The molecule has 0 bridgehead atoms. The lowest BCUT2D eigenvalue weighted by atomic mass is 10.2. The number of rotatable bonds is 2. The van der Waals surface area contributed by atoms with Crippen molar-refractivity contribution in [1.82, 2.24) is 4.57 Å². The summed E-state index contributed by atoms with van der Waals surface area (Å²) >= 11 is 18.7. The molecule has 0 fully saturated rings. The standard InChI is InChI=1S/C14H12Cl3NSi/c1-10(19(15,16)17)18-13-8-4-2-6-11(13)12-7-3-5-9-14(12)18/h2-10H,1H3. The van der Waals surface area contributed by atoms with Crippen molar-refractivity contribution in [1.29, 1.82) is 0 Å². The molecule has 1 aromatic heterocycles. The molecule has 0 aliphatic heterocycles. The number of hydrogen-bond acceptors (Lipinski definition) is 0. The second kappa shape index (κ2) is 4.71. The van der Waals surface area contributed by atoms with Gasteiger partial charge < -0.3 is 4.57 Å². The Labute approximate surface area is 126 Å². The highest BCUT2D eigenvalue weighted by molar-refractivity contribution is 7.65. The van der Waals surface area contributed by atoms with E-state index in [1.54, 1.807) is 0 Å². The summed E-state index contributed by atoms with van der Waals surface area (Å²) in [5.41, 5.74) is 2.13. The van der Waals surface area contributed by atoms with E-state index in [1.807, 2.05) is 31.2 Å². The van der Waals surface area contributed by atoms with Crippen molar-refractivity contribution in [3.63, 3.8) is 0 Å². The maximum absolute atomic E-state index is 6.22. The topological polar surface area (TPSA) is 4.93 Å². The summed E-state index contributed by atoms with van der Waals surface area (Å²) in [6.07, 6.45) is 0. The van der Waals surface area contributed by atoms with Crippen LogP contribution in [-0.4, -0.2) is 10.6 Å². The van der Waals surface area contributed by atoms with Gasteiger partial charge in [0.25, 0.3) is 0 Å². The highest BCUT2D eigenvalue weighted by Gasteiger charge is 2.36. The molecule has 2 aromatic carbocycles. The van der Waals surface area contributed by atoms with Gasteiger partial charge in [-0.05, 0) is 19.1 Å². The van der Waals surface area contributed by atoms with Crippen molar-refractivity contribution in [2.75, 3.05) is 0 Å². The molecule has 0 spiro atoms. The van der Waals surface area contributed by atoms with Crippen molar-refractivity contribution in [2.24, 2.45) is 0 Å². The molecular formula is C14H12Cl3NSi. The Hall–Kier alpha value is -0.673. The molecule has 0 amide bonds. The highest BCUT2D eigenvalue weighted by Crippen LogP contribution is 2.39. The summed E-state index contributed by atoms with van der Waals surface area (Å²) < 4.78 is 2.16. The highest BCUT2D eigenvalue weighted by atomic mass is 35.8. The van der Waals surface area contributed by atoms with Gasteiger partial charge >= 0.3 is 6.00 Å². The summed E-state index contributed by atoms with van der Waals surface area (Å²) in [6.45, 7) is 1.98. The van der Waals surface area contributed by atoms with Crippen molar-refractivity contribution < 1.29 is 0 Å². The molecule has 98 valence electrons. The van der Waals surface area contributed by atoms with E-state index in [0.29, 0.717) is 0 Å². The van der Waals surface area contributed by atoms with Gasteiger partial charge in [0.2, 0.25) is 0 Å². The molecule has 3 aromatic rings. The fraction of sp³-hybridized carbons (Fsp3) is 0.143. The fourth-order valence-electron chi connectivity index (χ4n) is 2.52. The Morgan fingerprint density at radius 3 is 1.68 bits per heavy atom. The van der Waals surface area contributed by atoms with E-state index in [4.69, 9.17) is 33.2 Å². The molecule has 1 nitrogen and oxygen atoms in total. The molecule has 1 unspecified atom stereocenters. The van der Waals surface area contributed by atoms with Crippen molar-refractivity contribution >= 4 is 61.0 Å². The summed E-state index contributed by atoms with van der Waals surface area (Å²) in [7, 11) is 0. The average Bonchev–Trinajstić information content (AvgIpc) is 2.71. The van der Waals surface area contributed by atoms with Crippen molar-refractivity contribution in [3.8, 4) is 0 Å². The molecular weight excluding hydrogens is 317 g/mol. The smallest absolute Gasteiger partial charge is 0.337 e. The number of fused-ring (bicyclic) bond motifs is 3. The first-order chi connectivity index (χ1) is 9.00. The number of benzene rings is 2. The SMILES string of the molecule is CC(n1c2ccccc2c2ccccc21)[Si](Cl)(Cl)Cl. The summed E-state index contributed by atoms with van der Waals surface area (Å²) in [5.74, 6) is 0. The summed E-state index contributed by atoms with van der Waals surface area (Å²) in [5, 5.41) is 2.40. The Balaban J connectivity index is 2.43. The molecule has 0 saturated heterocycles. The second-order valence-corrected chi connectivity index (χ2v) is 13.6. The van der Waals surface area contributed by atoms with Gasteiger partial charge in [0, 0.05) is 21.8 Å². The largest absolute Gasteiger partial charge is 0.362 e. The zero-order valence-corrected chi connectivity index (χ0v) is 13.5. The number of halogens is 3. The molecule has 3 rings (SSSR count). The second-order valence-electron chi connectivity index (χ2n) is 4.62. The third kappa shape index (κ3) is 2.17. The third-order valence-electron chi connectivity index (χ3n) is 3.48. The monoisotopic (exact) mass is 327 g/mol. The maximum atomic E-state index is 6.22. The first kappa shape index (κ1) is 13.3. The lowest BCUT2D eigenvalue weighted by molar-refractivity contribution is 0.776. The van der Waals surface area contributed by atoms with Crippen molar-refractivity contribution in [2.45, 2.75) is 12.6 Å². The predicted octanol–water partition coefficient (Wildman–Crippen LogP) is 5.55. The van der Waals surface area contributed by atoms with Gasteiger partial charge in [0.15, 0.2) is 0 Å². The summed E-state index contributed by atoms with van der Waals surface area (Å²) in [6, 6.07) is 13.7. The minimum absolute atomic E-state index is 0.109.